The summed E-state index contributed by atoms with van der Waals surface area (Å²) in [5.41, 5.74) is 0.611. The van der Waals surface area contributed by atoms with Gasteiger partial charge in [-0.25, -0.2) is 0 Å². The number of carbonyl (C=O) groups is 2. The molecular weight excluding hydrogens is 435 g/mol. The molecule has 1 amide bonds. The summed E-state index contributed by atoms with van der Waals surface area (Å²) in [7, 11) is 1.52. The fraction of sp³-hybridized carbons (Fsp3) is 0.200. The van der Waals surface area contributed by atoms with Gasteiger partial charge < -0.3 is 14.7 Å². The van der Waals surface area contributed by atoms with Crippen LogP contribution in [-0.2, 0) is 35.2 Å². The first kappa shape index (κ1) is 23.8. The van der Waals surface area contributed by atoms with Crippen LogP contribution in [0.3, 0.4) is 0 Å². The third-order valence-electron chi connectivity index (χ3n) is 4.90. The van der Waals surface area contributed by atoms with E-state index in [2.05, 4.69) is 0 Å². The highest BCUT2D eigenvalue weighted by molar-refractivity contribution is 5.78. The molecule has 5 nitrogen and oxygen atoms in total. The highest BCUT2D eigenvalue weighted by Gasteiger charge is 2.31. The lowest BCUT2D eigenvalue weighted by Gasteiger charge is -2.21. The number of carboxylic acids is 1. The molecule has 0 aliphatic carbocycles. The van der Waals surface area contributed by atoms with Crippen molar-refractivity contribution >= 4 is 11.9 Å². The number of carboxylic acid groups (broad SMARTS) is 1. The summed E-state index contributed by atoms with van der Waals surface area (Å²) >= 11 is 0. The molecule has 0 radical (unpaired) electrons. The van der Waals surface area contributed by atoms with Gasteiger partial charge in [-0.1, -0.05) is 42.5 Å². The van der Waals surface area contributed by atoms with E-state index in [1.807, 2.05) is 6.07 Å². The Morgan fingerprint density at radius 2 is 1.61 bits per heavy atom. The van der Waals surface area contributed by atoms with Crippen molar-refractivity contribution in [2.75, 3.05) is 7.05 Å². The van der Waals surface area contributed by atoms with Gasteiger partial charge in [-0.05, 0) is 41.5 Å². The van der Waals surface area contributed by atoms with E-state index in [4.69, 9.17) is 9.84 Å². The zero-order valence-corrected chi connectivity index (χ0v) is 17.8. The van der Waals surface area contributed by atoms with Gasteiger partial charge in [-0.15, -0.1) is 0 Å². The van der Waals surface area contributed by atoms with Crippen molar-refractivity contribution in [3.05, 3.63) is 95.1 Å². The molecule has 0 aliphatic heterocycles. The van der Waals surface area contributed by atoms with Crippen LogP contribution in [0.5, 0.6) is 11.5 Å². The number of benzene rings is 3. The highest BCUT2D eigenvalue weighted by Crippen LogP contribution is 2.35. The number of rotatable bonds is 8. The average Bonchev–Trinajstić information content (AvgIpc) is 2.74. The standard InChI is InChI=1S/C25H22F3NO4/c1-29(23(30)13-17-6-3-2-4-7-17)16-19-15-20(25(26,27)28)10-11-22(19)33-21-9-5-8-18(12-21)14-24(31)32/h2-12,15H,13-14,16H2,1H3,(H,31,32). The Hall–Kier alpha value is -3.81. The molecule has 0 heterocycles. The summed E-state index contributed by atoms with van der Waals surface area (Å²) in [6, 6.07) is 18.4. The molecule has 8 heteroatoms. The van der Waals surface area contributed by atoms with Gasteiger partial charge in [0.15, 0.2) is 0 Å². The van der Waals surface area contributed by atoms with Crippen molar-refractivity contribution < 1.29 is 32.6 Å². The van der Waals surface area contributed by atoms with Crippen molar-refractivity contribution in [1.29, 1.82) is 0 Å². The molecule has 0 fully saturated rings. The predicted octanol–water partition coefficient (Wildman–Crippen LogP) is 5.33. The number of hydrogen-bond acceptors (Lipinski definition) is 3. The van der Waals surface area contributed by atoms with Gasteiger partial charge >= 0.3 is 12.1 Å². The quantitative estimate of drug-likeness (QED) is 0.497. The monoisotopic (exact) mass is 457 g/mol. The minimum atomic E-state index is -4.55. The number of ether oxygens (including phenoxy) is 1. The van der Waals surface area contributed by atoms with Crippen LogP contribution in [0, 0.1) is 0 Å². The molecule has 172 valence electrons. The fourth-order valence-electron chi connectivity index (χ4n) is 3.25. The first-order valence-corrected chi connectivity index (χ1v) is 10.1. The minimum absolute atomic E-state index is 0.0975. The van der Waals surface area contributed by atoms with E-state index in [0.717, 1.165) is 17.7 Å². The molecule has 0 saturated carbocycles. The first-order chi connectivity index (χ1) is 15.6. The Morgan fingerprint density at radius 3 is 2.27 bits per heavy atom. The zero-order valence-electron chi connectivity index (χ0n) is 17.8. The Balaban J connectivity index is 1.85. The molecule has 1 N–H and O–H groups in total. The van der Waals surface area contributed by atoms with Crippen molar-refractivity contribution in [2.45, 2.75) is 25.6 Å². The molecule has 0 saturated heterocycles. The maximum atomic E-state index is 13.3. The number of likely N-dealkylation sites (N-methyl/N-ethyl adjacent to an activating group) is 1. The molecule has 33 heavy (non-hydrogen) atoms. The molecule has 0 atom stereocenters. The van der Waals surface area contributed by atoms with Crippen molar-refractivity contribution in [3.8, 4) is 11.5 Å². The van der Waals surface area contributed by atoms with Crippen molar-refractivity contribution in [1.82, 2.24) is 4.90 Å². The molecule has 0 bridgehead atoms. The van der Waals surface area contributed by atoms with Gasteiger partial charge in [0.2, 0.25) is 5.91 Å². The summed E-state index contributed by atoms with van der Waals surface area (Å²) in [4.78, 5) is 24.9. The maximum absolute atomic E-state index is 13.3. The van der Waals surface area contributed by atoms with Gasteiger partial charge in [0.05, 0.1) is 18.4 Å². The van der Waals surface area contributed by atoms with E-state index in [9.17, 15) is 22.8 Å². The number of alkyl halides is 3. The third-order valence-corrected chi connectivity index (χ3v) is 4.90. The second-order valence-corrected chi connectivity index (χ2v) is 7.55. The van der Waals surface area contributed by atoms with E-state index in [-0.39, 0.29) is 42.4 Å². The number of hydrogen-bond donors (Lipinski definition) is 1. The predicted molar refractivity (Wildman–Crippen MR) is 116 cm³/mol. The largest absolute Gasteiger partial charge is 0.481 e. The Labute approximate surface area is 189 Å². The summed E-state index contributed by atoms with van der Waals surface area (Å²) in [5, 5.41) is 8.97. The number of aliphatic carboxylic acids is 1. The SMILES string of the molecule is CN(Cc1cc(C(F)(F)F)ccc1Oc1cccc(CC(=O)O)c1)C(=O)Cc1ccccc1. The average molecular weight is 457 g/mol. The lowest BCUT2D eigenvalue weighted by atomic mass is 10.1. The van der Waals surface area contributed by atoms with Crippen LogP contribution >= 0.6 is 0 Å². The third kappa shape index (κ3) is 6.83. The first-order valence-electron chi connectivity index (χ1n) is 10.1. The van der Waals surface area contributed by atoms with Crippen molar-refractivity contribution in [2.24, 2.45) is 0 Å². The molecule has 0 aliphatic rings. The van der Waals surface area contributed by atoms with Crippen LogP contribution in [0.25, 0.3) is 0 Å². The van der Waals surface area contributed by atoms with Crippen LogP contribution in [0.4, 0.5) is 13.2 Å². The highest BCUT2D eigenvalue weighted by atomic mass is 19.4. The van der Waals surface area contributed by atoms with E-state index in [1.54, 1.807) is 42.5 Å². The van der Waals surface area contributed by atoms with E-state index in [1.165, 1.54) is 24.1 Å². The van der Waals surface area contributed by atoms with E-state index in [0.29, 0.717) is 5.56 Å². The lowest BCUT2D eigenvalue weighted by molar-refractivity contribution is -0.138. The van der Waals surface area contributed by atoms with Crippen LogP contribution < -0.4 is 4.74 Å². The normalized spacial score (nSPS) is 11.2. The van der Waals surface area contributed by atoms with Crippen LogP contribution in [0.15, 0.2) is 72.8 Å². The number of carbonyl (C=O) groups excluding carboxylic acids is 1. The van der Waals surface area contributed by atoms with E-state index < -0.39 is 17.7 Å². The number of halogens is 3. The van der Waals surface area contributed by atoms with E-state index >= 15 is 0 Å². The number of nitrogens with zero attached hydrogens (tertiary/aromatic N) is 1. The molecule has 0 aromatic heterocycles. The van der Waals surface area contributed by atoms with Crippen LogP contribution in [0.2, 0.25) is 0 Å². The zero-order chi connectivity index (χ0) is 24.0. The minimum Gasteiger partial charge on any atom is -0.481 e. The van der Waals surface area contributed by atoms with Crippen LogP contribution in [-0.4, -0.2) is 28.9 Å². The molecule has 0 spiro atoms. The van der Waals surface area contributed by atoms with Crippen LogP contribution in [0.1, 0.15) is 22.3 Å². The second-order valence-electron chi connectivity index (χ2n) is 7.55. The fourth-order valence-corrected chi connectivity index (χ4v) is 3.25. The Kier molecular flexibility index (Phi) is 7.37. The maximum Gasteiger partial charge on any atom is 0.416 e. The molecular formula is C25H22F3NO4. The summed E-state index contributed by atoms with van der Waals surface area (Å²) in [6.45, 7) is -0.0975. The summed E-state index contributed by atoms with van der Waals surface area (Å²) < 4.78 is 45.7. The van der Waals surface area contributed by atoms with Gasteiger partial charge in [0.25, 0.3) is 0 Å². The second kappa shape index (κ2) is 10.2. The summed E-state index contributed by atoms with van der Waals surface area (Å²) in [5.74, 6) is -0.836. The molecule has 3 aromatic rings. The molecule has 3 rings (SSSR count). The Morgan fingerprint density at radius 1 is 0.909 bits per heavy atom. The van der Waals surface area contributed by atoms with Gasteiger partial charge in [-0.3, -0.25) is 9.59 Å². The topological polar surface area (TPSA) is 66.8 Å². The molecule has 3 aromatic carbocycles. The summed E-state index contributed by atoms with van der Waals surface area (Å²) in [6.07, 6.45) is -4.65. The Bertz CT molecular complexity index is 1130. The van der Waals surface area contributed by atoms with Gasteiger partial charge in [0, 0.05) is 19.2 Å². The van der Waals surface area contributed by atoms with Crippen molar-refractivity contribution in [3.63, 3.8) is 0 Å². The number of amides is 1. The lowest BCUT2D eigenvalue weighted by Crippen LogP contribution is -2.28. The molecule has 0 unspecified atom stereocenters. The smallest absolute Gasteiger partial charge is 0.416 e. The van der Waals surface area contributed by atoms with Gasteiger partial charge in [0.1, 0.15) is 11.5 Å². The van der Waals surface area contributed by atoms with Gasteiger partial charge in [-0.2, -0.15) is 13.2 Å².